The number of allylic oxidation sites excluding steroid dienone is 4. The lowest BCUT2D eigenvalue weighted by Crippen LogP contribution is -2.35. The summed E-state index contributed by atoms with van der Waals surface area (Å²) < 4.78 is 46.2. The van der Waals surface area contributed by atoms with Crippen LogP contribution in [0.5, 0.6) is 5.75 Å². The number of aromatic amines is 1. The van der Waals surface area contributed by atoms with Gasteiger partial charge in [0.15, 0.2) is 11.7 Å². The Balaban J connectivity index is 1.91. The molecule has 1 aromatic carbocycles. The van der Waals surface area contributed by atoms with Crippen molar-refractivity contribution in [2.45, 2.75) is 13.0 Å². The molecule has 3 rings (SSSR count). The van der Waals surface area contributed by atoms with Gasteiger partial charge in [0.25, 0.3) is 0 Å². The first-order chi connectivity index (χ1) is 12.9. The van der Waals surface area contributed by atoms with E-state index in [1.54, 1.807) is 24.3 Å². The predicted octanol–water partition coefficient (Wildman–Crippen LogP) is 2.71. The van der Waals surface area contributed by atoms with E-state index >= 15 is 0 Å². The monoisotopic (exact) mass is 380 g/mol. The van der Waals surface area contributed by atoms with Gasteiger partial charge in [0, 0.05) is 24.6 Å². The largest absolute Gasteiger partial charge is 0.497 e. The van der Waals surface area contributed by atoms with Crippen LogP contribution in [0.4, 0.5) is 24.8 Å². The molecule has 142 valence electrons. The molecule has 1 unspecified atom stereocenters. The highest BCUT2D eigenvalue weighted by molar-refractivity contribution is 5.54. The van der Waals surface area contributed by atoms with Gasteiger partial charge >= 0.3 is 11.4 Å². The second-order valence-corrected chi connectivity index (χ2v) is 5.83. The molecule has 2 aromatic rings. The Bertz CT molecular complexity index is 1020. The average Bonchev–Trinajstić information content (AvgIpc) is 2.63. The Labute approximate surface area is 150 Å². The zero-order chi connectivity index (χ0) is 19.6. The molecule has 7 nitrogen and oxygen atoms in total. The Morgan fingerprint density at radius 3 is 2.59 bits per heavy atom. The topological polar surface area (TPSA) is 89.0 Å². The number of rotatable bonds is 5. The number of halogens is 3. The molecular formula is C17H15F3N4O3. The fourth-order valence-corrected chi connectivity index (χ4v) is 2.65. The second kappa shape index (κ2) is 7.52. The highest BCUT2D eigenvalue weighted by Gasteiger charge is 2.24. The molecule has 0 aliphatic heterocycles. The van der Waals surface area contributed by atoms with E-state index < -0.39 is 41.2 Å². The van der Waals surface area contributed by atoms with Gasteiger partial charge in [-0.05, 0) is 30.3 Å². The minimum atomic E-state index is -1.53. The molecule has 0 saturated heterocycles. The summed E-state index contributed by atoms with van der Waals surface area (Å²) in [5.41, 5.74) is -1.19. The molecule has 0 amide bonds. The fourth-order valence-electron chi connectivity index (χ4n) is 2.65. The van der Waals surface area contributed by atoms with Crippen molar-refractivity contribution in [2.75, 3.05) is 12.4 Å². The van der Waals surface area contributed by atoms with E-state index in [0.29, 0.717) is 11.4 Å². The summed E-state index contributed by atoms with van der Waals surface area (Å²) in [7, 11) is 1.51. The van der Waals surface area contributed by atoms with Gasteiger partial charge in [0.2, 0.25) is 5.95 Å². The minimum Gasteiger partial charge on any atom is -0.497 e. The van der Waals surface area contributed by atoms with Crippen molar-refractivity contribution in [1.29, 1.82) is 0 Å². The maximum atomic E-state index is 13.5. The Hall–Kier alpha value is -3.30. The van der Waals surface area contributed by atoms with Crippen molar-refractivity contribution >= 4 is 11.6 Å². The normalized spacial score (nSPS) is 16.9. The van der Waals surface area contributed by atoms with Crippen molar-refractivity contribution in [2.24, 2.45) is 5.92 Å². The van der Waals surface area contributed by atoms with E-state index in [0.717, 1.165) is 10.6 Å². The van der Waals surface area contributed by atoms with E-state index in [9.17, 15) is 22.8 Å². The molecule has 1 heterocycles. The summed E-state index contributed by atoms with van der Waals surface area (Å²) in [6.07, 6.45) is 0.486. The molecule has 0 fully saturated rings. The lowest BCUT2D eigenvalue weighted by Gasteiger charge is -2.19. The zero-order valence-corrected chi connectivity index (χ0v) is 14.1. The van der Waals surface area contributed by atoms with Crippen molar-refractivity contribution in [3.8, 4) is 5.75 Å². The fraction of sp³-hybridized carbons (Fsp3) is 0.235. The van der Waals surface area contributed by atoms with Crippen LogP contribution in [0.3, 0.4) is 0 Å². The lowest BCUT2D eigenvalue weighted by molar-refractivity contribution is 0.395. The molecule has 1 aliphatic carbocycles. The third-order valence-corrected chi connectivity index (χ3v) is 3.96. The van der Waals surface area contributed by atoms with Crippen LogP contribution in [0.2, 0.25) is 0 Å². The predicted molar refractivity (Wildman–Crippen MR) is 91.9 cm³/mol. The van der Waals surface area contributed by atoms with Crippen LogP contribution in [0.1, 0.15) is 6.42 Å². The van der Waals surface area contributed by atoms with Crippen LogP contribution < -0.4 is 21.4 Å². The first-order valence-corrected chi connectivity index (χ1v) is 7.91. The van der Waals surface area contributed by atoms with Gasteiger partial charge in [-0.1, -0.05) is 0 Å². The SMILES string of the molecule is COc1ccc(Nc2nc(=O)[nH]c(=O)n2CC2C=C(F)C(F)=C(F)C2)cc1. The molecule has 0 radical (unpaired) electrons. The van der Waals surface area contributed by atoms with Gasteiger partial charge in [-0.3, -0.25) is 9.55 Å². The third kappa shape index (κ3) is 4.10. The molecule has 0 saturated carbocycles. The molecule has 1 aromatic heterocycles. The lowest BCUT2D eigenvalue weighted by atomic mass is 9.99. The molecule has 27 heavy (non-hydrogen) atoms. The number of hydrogen-bond acceptors (Lipinski definition) is 5. The van der Waals surface area contributed by atoms with Gasteiger partial charge in [-0.15, -0.1) is 0 Å². The summed E-state index contributed by atoms with van der Waals surface area (Å²) in [4.78, 5) is 29.4. The van der Waals surface area contributed by atoms with Gasteiger partial charge in [-0.2, -0.15) is 4.98 Å². The highest BCUT2D eigenvalue weighted by atomic mass is 19.2. The molecule has 1 aliphatic rings. The van der Waals surface area contributed by atoms with Crippen molar-refractivity contribution in [3.05, 3.63) is 68.8 Å². The van der Waals surface area contributed by atoms with Gasteiger partial charge in [0.1, 0.15) is 11.6 Å². The molecule has 2 N–H and O–H groups in total. The van der Waals surface area contributed by atoms with Crippen LogP contribution in [0.25, 0.3) is 0 Å². The van der Waals surface area contributed by atoms with Crippen LogP contribution in [-0.4, -0.2) is 21.6 Å². The number of H-pyrrole nitrogens is 1. The smallest absolute Gasteiger partial charge is 0.352 e. The molecule has 0 bridgehead atoms. The molecule has 10 heteroatoms. The summed E-state index contributed by atoms with van der Waals surface area (Å²) in [6, 6.07) is 6.57. The molecule has 1 atom stereocenters. The van der Waals surface area contributed by atoms with E-state index in [1.807, 2.05) is 4.98 Å². The minimum absolute atomic E-state index is 0.113. The van der Waals surface area contributed by atoms with Crippen LogP contribution in [0.15, 0.2) is 57.4 Å². The van der Waals surface area contributed by atoms with Crippen LogP contribution in [-0.2, 0) is 6.54 Å². The summed E-state index contributed by atoms with van der Waals surface area (Å²) in [5, 5.41) is 2.81. The van der Waals surface area contributed by atoms with Crippen LogP contribution >= 0.6 is 0 Å². The standard InChI is InChI=1S/C17H15F3N4O3/c1-27-11-4-2-10(3-5-11)21-15-22-16(25)23-17(26)24(15)8-9-6-12(18)14(20)13(19)7-9/h2-6,9H,7-8H2,1H3,(H2,21,22,23,25,26). The third-order valence-electron chi connectivity index (χ3n) is 3.96. The number of ether oxygens (including phenoxy) is 1. The van der Waals surface area contributed by atoms with E-state index in [4.69, 9.17) is 4.74 Å². The number of methoxy groups -OCH3 is 1. The first-order valence-electron chi connectivity index (χ1n) is 7.91. The molecular weight excluding hydrogens is 365 g/mol. The quantitative estimate of drug-likeness (QED) is 0.833. The number of anilines is 2. The first kappa shape index (κ1) is 18.5. The molecule has 0 spiro atoms. The van der Waals surface area contributed by atoms with Gasteiger partial charge in [0.05, 0.1) is 7.11 Å². The van der Waals surface area contributed by atoms with E-state index in [1.165, 1.54) is 7.11 Å². The summed E-state index contributed by atoms with van der Waals surface area (Å²) in [5.74, 6) is -4.42. The van der Waals surface area contributed by atoms with Crippen LogP contribution in [0, 0.1) is 5.92 Å². The van der Waals surface area contributed by atoms with Crippen molar-refractivity contribution in [1.82, 2.24) is 14.5 Å². The Morgan fingerprint density at radius 2 is 1.96 bits per heavy atom. The summed E-state index contributed by atoms with van der Waals surface area (Å²) in [6.45, 7) is -0.213. The number of nitrogens with zero attached hydrogens (tertiary/aromatic N) is 2. The maximum absolute atomic E-state index is 13.5. The Kier molecular flexibility index (Phi) is 5.15. The average molecular weight is 380 g/mol. The van der Waals surface area contributed by atoms with E-state index in [2.05, 4.69) is 10.3 Å². The van der Waals surface area contributed by atoms with Crippen molar-refractivity contribution < 1.29 is 17.9 Å². The number of hydrogen-bond donors (Lipinski definition) is 2. The highest BCUT2D eigenvalue weighted by Crippen LogP contribution is 2.32. The van der Waals surface area contributed by atoms with Crippen molar-refractivity contribution in [3.63, 3.8) is 0 Å². The number of nitrogens with one attached hydrogen (secondary N) is 2. The van der Waals surface area contributed by atoms with E-state index in [-0.39, 0.29) is 12.5 Å². The second-order valence-electron chi connectivity index (χ2n) is 5.83. The Morgan fingerprint density at radius 1 is 1.26 bits per heavy atom. The van der Waals surface area contributed by atoms with Gasteiger partial charge in [-0.25, -0.2) is 22.8 Å². The van der Waals surface area contributed by atoms with Gasteiger partial charge < -0.3 is 10.1 Å². The number of aromatic nitrogens is 3. The summed E-state index contributed by atoms with van der Waals surface area (Å²) >= 11 is 0. The zero-order valence-electron chi connectivity index (χ0n) is 14.1. The maximum Gasteiger partial charge on any atom is 0.352 e. The number of benzene rings is 1.